The molecule has 3 N–H and O–H groups in total. The third kappa shape index (κ3) is 1.86. The van der Waals surface area contributed by atoms with Gasteiger partial charge in [-0.2, -0.15) is 0 Å². The average molecular weight is 186 g/mol. The summed E-state index contributed by atoms with van der Waals surface area (Å²) in [6.45, 7) is 5.05. The van der Waals surface area contributed by atoms with Crippen molar-refractivity contribution in [1.82, 2.24) is 4.90 Å². The fourth-order valence-corrected chi connectivity index (χ4v) is 2.18. The molecule has 2 fully saturated rings. The zero-order chi connectivity index (χ0) is 9.47. The number of rotatable bonds is 1. The van der Waals surface area contributed by atoms with Crippen LogP contribution in [0.3, 0.4) is 0 Å². The van der Waals surface area contributed by atoms with Gasteiger partial charge in [0.25, 0.3) is 0 Å². The first-order valence-electron chi connectivity index (χ1n) is 4.87. The number of likely N-dealkylation sites (tertiary alicyclic amines) is 1. The molecule has 13 heavy (non-hydrogen) atoms. The fraction of sp³-hybridized carbons (Fsp3) is 1.00. The van der Waals surface area contributed by atoms with E-state index in [0.717, 1.165) is 19.5 Å². The topological polar surface area (TPSA) is 58.7 Å². The Balaban J connectivity index is 1.95. The molecule has 2 aliphatic rings. The molecule has 3 unspecified atom stereocenters. The Morgan fingerprint density at radius 1 is 1.54 bits per heavy atom. The van der Waals surface area contributed by atoms with E-state index >= 15 is 0 Å². The second-order valence-corrected chi connectivity index (χ2v) is 4.55. The van der Waals surface area contributed by atoms with Gasteiger partial charge in [0, 0.05) is 18.6 Å². The predicted octanol–water partition coefficient (Wildman–Crippen LogP) is -0.831. The van der Waals surface area contributed by atoms with Crippen LogP contribution in [0.4, 0.5) is 0 Å². The molecule has 2 aliphatic heterocycles. The van der Waals surface area contributed by atoms with Crippen LogP contribution in [-0.4, -0.2) is 54.0 Å². The Kier molecular flexibility index (Phi) is 2.32. The summed E-state index contributed by atoms with van der Waals surface area (Å²) in [5, 5.41) is 9.61. The van der Waals surface area contributed by atoms with Crippen molar-refractivity contribution in [2.45, 2.75) is 31.0 Å². The number of nitrogens with zero attached hydrogens (tertiary/aromatic N) is 1. The normalized spacial score (nSPS) is 47.3. The van der Waals surface area contributed by atoms with Crippen LogP contribution in [0, 0.1) is 0 Å². The molecule has 76 valence electrons. The summed E-state index contributed by atoms with van der Waals surface area (Å²) < 4.78 is 5.22. The molecule has 2 saturated heterocycles. The second-order valence-electron chi connectivity index (χ2n) is 4.55. The SMILES string of the molecule is CC1(N)CCN(C2COCC2O)C1. The van der Waals surface area contributed by atoms with E-state index in [1.165, 1.54) is 0 Å². The molecule has 4 heteroatoms. The first-order valence-corrected chi connectivity index (χ1v) is 4.87. The second kappa shape index (κ2) is 3.20. The van der Waals surface area contributed by atoms with Crippen molar-refractivity contribution < 1.29 is 9.84 Å². The highest BCUT2D eigenvalue weighted by molar-refractivity contribution is 4.96. The monoisotopic (exact) mass is 186 g/mol. The minimum absolute atomic E-state index is 0.0810. The van der Waals surface area contributed by atoms with E-state index in [1.54, 1.807) is 0 Å². The predicted molar refractivity (Wildman–Crippen MR) is 49.4 cm³/mol. The third-order valence-corrected chi connectivity index (χ3v) is 3.02. The minimum atomic E-state index is -0.325. The Morgan fingerprint density at radius 2 is 2.31 bits per heavy atom. The molecule has 0 aliphatic carbocycles. The zero-order valence-electron chi connectivity index (χ0n) is 8.07. The maximum absolute atomic E-state index is 9.61. The van der Waals surface area contributed by atoms with Gasteiger partial charge in [-0.15, -0.1) is 0 Å². The van der Waals surface area contributed by atoms with Gasteiger partial charge in [-0.25, -0.2) is 0 Å². The van der Waals surface area contributed by atoms with Crippen LogP contribution in [0.5, 0.6) is 0 Å². The van der Waals surface area contributed by atoms with E-state index in [1.807, 2.05) is 0 Å². The quantitative estimate of drug-likeness (QED) is 0.561. The Hall–Kier alpha value is -0.160. The number of nitrogens with two attached hydrogens (primary N) is 1. The minimum Gasteiger partial charge on any atom is -0.389 e. The lowest BCUT2D eigenvalue weighted by molar-refractivity contribution is 0.0924. The summed E-state index contributed by atoms with van der Waals surface area (Å²) in [7, 11) is 0. The number of hydrogen-bond acceptors (Lipinski definition) is 4. The van der Waals surface area contributed by atoms with Crippen molar-refractivity contribution >= 4 is 0 Å². The van der Waals surface area contributed by atoms with Gasteiger partial charge in [0.1, 0.15) is 0 Å². The largest absolute Gasteiger partial charge is 0.389 e. The number of hydrogen-bond donors (Lipinski definition) is 2. The first kappa shape index (κ1) is 9.40. The maximum atomic E-state index is 9.61. The molecule has 0 saturated carbocycles. The highest BCUT2D eigenvalue weighted by Crippen LogP contribution is 2.23. The molecule has 0 aromatic carbocycles. The molecule has 0 radical (unpaired) electrons. The molecule has 0 amide bonds. The highest BCUT2D eigenvalue weighted by atomic mass is 16.5. The lowest BCUT2D eigenvalue weighted by Crippen LogP contribution is -2.46. The molecule has 0 bridgehead atoms. The van der Waals surface area contributed by atoms with Gasteiger partial charge in [0.15, 0.2) is 0 Å². The van der Waals surface area contributed by atoms with Gasteiger partial charge in [0.2, 0.25) is 0 Å². The highest BCUT2D eigenvalue weighted by Gasteiger charge is 2.38. The summed E-state index contributed by atoms with van der Waals surface area (Å²) in [5.74, 6) is 0. The zero-order valence-corrected chi connectivity index (χ0v) is 8.07. The van der Waals surface area contributed by atoms with Crippen molar-refractivity contribution in [3.05, 3.63) is 0 Å². The van der Waals surface area contributed by atoms with Crippen LogP contribution in [0.25, 0.3) is 0 Å². The summed E-state index contributed by atoms with van der Waals surface area (Å²) in [6, 6.07) is 0.172. The molecule has 2 heterocycles. The van der Waals surface area contributed by atoms with Crippen molar-refractivity contribution in [3.8, 4) is 0 Å². The van der Waals surface area contributed by atoms with Crippen LogP contribution in [-0.2, 0) is 4.74 Å². The van der Waals surface area contributed by atoms with Crippen LogP contribution in [0.1, 0.15) is 13.3 Å². The molecular weight excluding hydrogens is 168 g/mol. The van der Waals surface area contributed by atoms with Crippen molar-refractivity contribution in [2.24, 2.45) is 5.73 Å². The van der Waals surface area contributed by atoms with E-state index in [2.05, 4.69) is 11.8 Å². The van der Waals surface area contributed by atoms with Gasteiger partial charge in [-0.1, -0.05) is 0 Å². The summed E-state index contributed by atoms with van der Waals surface area (Å²) in [6.07, 6.45) is 0.685. The maximum Gasteiger partial charge on any atom is 0.0950 e. The molecule has 0 spiro atoms. The summed E-state index contributed by atoms with van der Waals surface area (Å²) in [5.41, 5.74) is 5.94. The molecule has 2 rings (SSSR count). The lowest BCUT2D eigenvalue weighted by Gasteiger charge is -2.26. The number of ether oxygens (including phenoxy) is 1. The molecule has 0 aromatic heterocycles. The van der Waals surface area contributed by atoms with Crippen molar-refractivity contribution in [1.29, 1.82) is 0 Å². The molecular formula is C9H18N2O2. The van der Waals surface area contributed by atoms with E-state index in [4.69, 9.17) is 10.5 Å². The van der Waals surface area contributed by atoms with Gasteiger partial charge in [0.05, 0.1) is 25.4 Å². The van der Waals surface area contributed by atoms with Crippen LogP contribution in [0.2, 0.25) is 0 Å². The number of aliphatic hydroxyl groups is 1. The van der Waals surface area contributed by atoms with Crippen LogP contribution < -0.4 is 5.73 Å². The van der Waals surface area contributed by atoms with Gasteiger partial charge < -0.3 is 15.6 Å². The molecule has 3 atom stereocenters. The van der Waals surface area contributed by atoms with Gasteiger partial charge in [-0.05, 0) is 13.3 Å². The van der Waals surface area contributed by atoms with Crippen molar-refractivity contribution in [2.75, 3.05) is 26.3 Å². The van der Waals surface area contributed by atoms with Crippen molar-refractivity contribution in [3.63, 3.8) is 0 Å². The van der Waals surface area contributed by atoms with E-state index < -0.39 is 0 Å². The third-order valence-electron chi connectivity index (χ3n) is 3.02. The Bertz CT molecular complexity index is 196. The number of aliphatic hydroxyl groups excluding tert-OH is 1. The molecule has 0 aromatic rings. The van der Waals surface area contributed by atoms with Gasteiger partial charge >= 0.3 is 0 Å². The van der Waals surface area contributed by atoms with E-state index in [-0.39, 0.29) is 17.7 Å². The van der Waals surface area contributed by atoms with E-state index in [0.29, 0.717) is 13.2 Å². The summed E-state index contributed by atoms with van der Waals surface area (Å²) >= 11 is 0. The Labute approximate surface area is 78.7 Å². The molecule has 4 nitrogen and oxygen atoms in total. The summed E-state index contributed by atoms with van der Waals surface area (Å²) in [4.78, 5) is 2.25. The fourth-order valence-electron chi connectivity index (χ4n) is 2.18. The lowest BCUT2D eigenvalue weighted by atomic mass is 10.0. The van der Waals surface area contributed by atoms with E-state index in [9.17, 15) is 5.11 Å². The average Bonchev–Trinajstić information content (AvgIpc) is 2.56. The first-order chi connectivity index (χ1) is 6.08. The van der Waals surface area contributed by atoms with Gasteiger partial charge in [-0.3, -0.25) is 4.90 Å². The Morgan fingerprint density at radius 3 is 2.77 bits per heavy atom. The van der Waals surface area contributed by atoms with Crippen LogP contribution in [0.15, 0.2) is 0 Å². The standard InChI is InChI=1S/C9H18N2O2/c1-9(10)2-3-11(6-9)7-4-13-5-8(7)12/h7-8,12H,2-6,10H2,1H3. The smallest absolute Gasteiger partial charge is 0.0950 e. The van der Waals surface area contributed by atoms with Crippen LogP contribution >= 0.6 is 0 Å².